The molecular formula is C118H104BCl3N3O12S6-5. The quantitative estimate of drug-likeness (QED) is 0.00567. The van der Waals surface area contributed by atoms with Crippen molar-refractivity contribution in [1.29, 1.82) is 0 Å². The fraction of sp³-hybridized carbons (Fsp3) is 0.0932. The first kappa shape index (κ1) is 106. The molecule has 0 atom stereocenters. The van der Waals surface area contributed by atoms with Gasteiger partial charge >= 0.3 is 0 Å². The van der Waals surface area contributed by atoms with Crippen LogP contribution in [0.5, 0.6) is 23.0 Å². The molecule has 21 rings (SSSR count). The van der Waals surface area contributed by atoms with E-state index in [0.29, 0.717) is 94.3 Å². The summed E-state index contributed by atoms with van der Waals surface area (Å²) in [4.78, 5) is 5.74. The van der Waals surface area contributed by atoms with Crippen LogP contribution >= 0.6 is 70.1 Å². The van der Waals surface area contributed by atoms with E-state index in [9.17, 15) is 34.4 Å². The van der Waals surface area contributed by atoms with E-state index in [-0.39, 0.29) is 39.4 Å². The van der Waals surface area contributed by atoms with E-state index in [1.807, 2.05) is 229 Å². The van der Waals surface area contributed by atoms with Crippen LogP contribution in [0.2, 0.25) is 10.0 Å². The Labute approximate surface area is 868 Å². The van der Waals surface area contributed by atoms with Crippen molar-refractivity contribution in [3.63, 3.8) is 0 Å². The first-order valence-electron chi connectivity index (χ1n) is 45.2. The smallest absolute Gasteiger partial charge is 0.298 e. The third kappa shape index (κ3) is 25.9. The highest BCUT2D eigenvalue weighted by Gasteiger charge is 2.55. The van der Waals surface area contributed by atoms with E-state index in [2.05, 4.69) is 137 Å². The number of alkyl halides is 1. The summed E-state index contributed by atoms with van der Waals surface area (Å²) in [6.07, 6.45) is 5.74. The van der Waals surface area contributed by atoms with Crippen LogP contribution in [-0.4, -0.2) is 79.0 Å². The highest BCUT2D eigenvalue weighted by molar-refractivity contribution is 7.99. The Morgan fingerprint density at radius 2 is 0.944 bits per heavy atom. The lowest BCUT2D eigenvalue weighted by Crippen LogP contribution is -2.33. The molecule has 15 nitrogen and oxygen atoms in total. The second kappa shape index (κ2) is 49.2. The molecule has 0 unspecified atom stereocenters. The largest absolute Gasteiger partial charge is 1.00 e. The molecule has 4 aliphatic heterocycles. The predicted molar refractivity (Wildman–Crippen MR) is 593 cm³/mol. The Kier molecular flexibility index (Phi) is 36.4. The van der Waals surface area contributed by atoms with E-state index < -0.39 is 36.0 Å². The minimum Gasteiger partial charge on any atom is -1.00 e. The van der Waals surface area contributed by atoms with Crippen molar-refractivity contribution in [2.75, 3.05) is 46.9 Å². The Hall–Kier alpha value is -13.1. The Morgan fingerprint density at radius 1 is 0.441 bits per heavy atom. The zero-order valence-corrected chi connectivity index (χ0v) is 84.7. The zero-order chi connectivity index (χ0) is 97.0. The van der Waals surface area contributed by atoms with Gasteiger partial charge in [0.15, 0.2) is 5.60 Å². The molecule has 0 fully saturated rings. The van der Waals surface area contributed by atoms with Crippen molar-refractivity contribution in [3.8, 4) is 45.4 Å². The average Bonchev–Trinajstić information content (AvgIpc) is 1.52. The van der Waals surface area contributed by atoms with Crippen LogP contribution < -0.4 is 40.5 Å². The first-order valence-corrected chi connectivity index (χ1v) is 53.7. The number of nitrogens with two attached hydrogens (primary N) is 1. The lowest BCUT2D eigenvalue weighted by molar-refractivity contribution is 0.164. The summed E-state index contributed by atoms with van der Waals surface area (Å²) < 4.78 is 128. The molecule has 0 radical (unpaired) electrons. The second-order valence-corrected chi connectivity index (χ2v) is 41.7. The number of para-hydroxylation sites is 3. The van der Waals surface area contributed by atoms with E-state index >= 15 is 0 Å². The molecule has 0 amide bonds. The van der Waals surface area contributed by atoms with Gasteiger partial charge in [-0.3, -0.25) is 0 Å². The normalized spacial score (nSPS) is 12.8. The predicted octanol–water partition coefficient (Wildman–Crippen LogP) is 26.4. The number of ether oxygens (including phenoxy) is 2. The molecule has 143 heavy (non-hydrogen) atoms. The van der Waals surface area contributed by atoms with Gasteiger partial charge in [0, 0.05) is 151 Å². The standard InChI is InChI=1S/C49H42N2O4S3.C33H24O4S.C19H10Cl2O4S.C9H11ClS.C6H7N.2CH3.BH4.H/c52-58(53,54)48-26-14-13-25-45(48)49-43-29-27-39(50(37-17-5-1-6-18-37)31-15-33-56-41-21-9-3-10-22-41)35-46(43)55-47-36-40(28-30-44(47)49)51(38-19-7-2-8-20-38)32-16-34-57-42-23-11-4-12-24-42;34-38(35,36)32-14-8-7-13-29(32)33-27-17-15-25(19-23-9-3-1-4-10-23)21-30(27)37-31-22-26(16-18-28(31)33)20-24-11-5-2-6-12-24;20-11-5-7-13-16(9-11)24-17-10-12(21)6-8-14(17)19(13)15-3-1-2-4-18(15)26(22,23)25-19;10-7-4-8-11-9-5-2-1-3-6-9;7-6-4-2-1-3-5-6;;;;/h1-14,17-30,35-36H,15-16,31-34H2;1-19,21-22H,20H2,(H,34,35,36);1-10H;1-3,5-6H,4,7-8H2;1-5H,7H2;2*1H3;1H4;/q;;;;;4*-1/p-1/b;25-19+;;;;;;;/i;;;;;;;;1+1. The second-order valence-electron chi connectivity index (χ2n) is 32.7. The maximum atomic E-state index is 12.8. The van der Waals surface area contributed by atoms with Gasteiger partial charge in [-0.1, -0.05) is 286 Å². The summed E-state index contributed by atoms with van der Waals surface area (Å²) in [7, 11) is -13.4. The SMILES string of the molecule is ClCCCSc1ccccc1.Nc1ccccc1.O=S(=O)([O-])c1ccccc1-c1c2ccc(=[N+](CCCSc3ccccc3)c3ccccc3)cc-2oc2cc(N(CCCSc3ccccc3)c3ccccc3)ccc12.O=S(=O)([O-])c1ccccc1C1=c2cc/c(=C\c3ccccc3)cc2Oc2cc(Cc3ccccc3)ccc21.O=S1(=O)OC2(c3ccc(Cl)cc3Oc3cc(Cl)ccc32)c2ccccc21.[2H-].[BH4-].[CH3-].[CH3-]. The molecule has 0 aromatic heterocycles. The molecule has 0 saturated carbocycles. The van der Waals surface area contributed by atoms with E-state index in [0.717, 1.165) is 117 Å². The van der Waals surface area contributed by atoms with Gasteiger partial charge in [0.25, 0.3) is 10.1 Å². The number of nitrogens with zero attached hydrogens (tertiary/aromatic N) is 2. The third-order valence-corrected chi connectivity index (χ3v) is 30.5. The van der Waals surface area contributed by atoms with Crippen molar-refractivity contribution < 1.29 is 53.9 Å². The summed E-state index contributed by atoms with van der Waals surface area (Å²) in [5, 5.41) is 4.28. The minimum atomic E-state index is -4.80. The number of thioether (sulfide) groups is 3. The average molecular weight is 2070 g/mol. The molecule has 1 spiro atoms. The number of hydrogen-bond acceptors (Lipinski definition) is 17. The van der Waals surface area contributed by atoms with E-state index in [4.69, 9.17) is 58.6 Å². The zero-order valence-electron chi connectivity index (χ0n) is 78.5. The van der Waals surface area contributed by atoms with Gasteiger partial charge in [0.1, 0.15) is 66.0 Å². The molecule has 0 saturated heterocycles. The van der Waals surface area contributed by atoms with Gasteiger partial charge in [-0.05, 0) is 198 Å². The molecule has 25 heteroatoms. The maximum absolute atomic E-state index is 12.8. The van der Waals surface area contributed by atoms with Crippen LogP contribution in [0.4, 0.5) is 22.7 Å². The van der Waals surface area contributed by atoms with Crippen LogP contribution in [-0.2, 0) is 46.6 Å². The van der Waals surface area contributed by atoms with Gasteiger partial charge in [0.2, 0.25) is 11.0 Å². The number of rotatable bonds is 24. The number of hydrogen-bond donors (Lipinski definition) is 1. The molecule has 1 aliphatic carbocycles. The fourth-order valence-corrected chi connectivity index (χ4v) is 23.0. The van der Waals surface area contributed by atoms with Crippen molar-refractivity contribution in [3.05, 3.63) is 510 Å². The third-order valence-electron chi connectivity index (χ3n) is 23.3. The molecule has 4 heterocycles. The van der Waals surface area contributed by atoms with Crippen molar-refractivity contribution in [2.45, 2.75) is 60.7 Å². The number of nitrogen functional groups attached to an aromatic ring is 1. The lowest BCUT2D eigenvalue weighted by Gasteiger charge is -2.36. The first-order chi connectivity index (χ1) is 68.1. The van der Waals surface area contributed by atoms with Crippen LogP contribution in [0.15, 0.2) is 458 Å². The van der Waals surface area contributed by atoms with E-state index in [1.54, 1.807) is 97.1 Å². The monoisotopic (exact) mass is 2060 g/mol. The van der Waals surface area contributed by atoms with Crippen LogP contribution in [0, 0.1) is 14.9 Å². The highest BCUT2D eigenvalue weighted by atomic mass is 35.5. The summed E-state index contributed by atoms with van der Waals surface area (Å²) in [5.41, 5.74) is 16.9. The summed E-state index contributed by atoms with van der Waals surface area (Å²) in [6, 6.07) is 135. The number of benzene rings is 17. The number of fused-ring (bicyclic) bond motifs is 10. The van der Waals surface area contributed by atoms with Gasteiger partial charge in [-0.15, -0.1) is 46.9 Å². The molecular weight excluding hydrogens is 1960 g/mol. The van der Waals surface area contributed by atoms with Gasteiger partial charge in [-0.25, -0.2) is 21.0 Å². The Bertz CT molecular complexity index is 7920. The molecule has 728 valence electrons. The Morgan fingerprint density at radius 3 is 1.52 bits per heavy atom. The summed E-state index contributed by atoms with van der Waals surface area (Å²) in [5.74, 6) is 6.45. The van der Waals surface area contributed by atoms with Crippen LogP contribution in [0.25, 0.3) is 45.1 Å². The molecule has 0 bridgehead atoms. The van der Waals surface area contributed by atoms with Crippen molar-refractivity contribution in [2.24, 2.45) is 0 Å². The lowest BCUT2D eigenvalue weighted by atomic mass is 9.78. The summed E-state index contributed by atoms with van der Waals surface area (Å²) >= 11 is 23.3. The Balaban J connectivity index is 0.000000173. The van der Waals surface area contributed by atoms with E-state index in [1.165, 1.54) is 32.4 Å². The molecule has 5 aliphatic rings. The van der Waals surface area contributed by atoms with Gasteiger partial charge in [-0.2, -0.15) is 13.0 Å². The molecule has 16 aromatic rings. The van der Waals surface area contributed by atoms with Gasteiger partial charge in [0.05, 0.1) is 15.9 Å². The summed E-state index contributed by atoms with van der Waals surface area (Å²) in [6.45, 7) is 1.54. The fourth-order valence-electron chi connectivity index (χ4n) is 17.0. The van der Waals surface area contributed by atoms with Crippen LogP contribution in [0.3, 0.4) is 0 Å². The molecule has 2 N–H and O–H groups in total. The maximum Gasteiger partial charge on any atom is 0.298 e. The number of halogens is 3. The van der Waals surface area contributed by atoms with Crippen molar-refractivity contribution >= 4 is 154 Å². The molecule has 16 aromatic carbocycles. The topological polar surface area (TPSA) is 222 Å². The van der Waals surface area contributed by atoms with Crippen LogP contribution in [0.1, 0.15) is 65.2 Å². The van der Waals surface area contributed by atoms with Crippen molar-refractivity contribution in [1.82, 2.24) is 4.58 Å². The van der Waals surface area contributed by atoms with Gasteiger partial charge < -0.3 is 49.9 Å². The highest BCUT2D eigenvalue weighted by Crippen LogP contribution is 2.59. The number of anilines is 3. The minimum absolute atomic E-state index is 0.